The fraction of sp³-hybridized carbons (Fsp3) is 0.409. The molecule has 0 fully saturated rings. The van der Waals surface area contributed by atoms with Gasteiger partial charge in [0, 0.05) is 12.1 Å². The third-order valence-corrected chi connectivity index (χ3v) is 4.82. The molecule has 5 heteroatoms. The lowest BCUT2D eigenvalue weighted by molar-refractivity contribution is 0.0934. The summed E-state index contributed by atoms with van der Waals surface area (Å²) in [5, 5.41) is 3.07. The van der Waals surface area contributed by atoms with E-state index in [1.54, 1.807) is 32.4 Å². The van der Waals surface area contributed by atoms with Crippen molar-refractivity contribution in [3.63, 3.8) is 0 Å². The molecular weight excluding hydrogens is 340 g/mol. The highest BCUT2D eigenvalue weighted by Crippen LogP contribution is 2.27. The summed E-state index contributed by atoms with van der Waals surface area (Å²) in [7, 11) is 3.14. The van der Waals surface area contributed by atoms with Crippen LogP contribution in [-0.4, -0.2) is 44.7 Å². The van der Waals surface area contributed by atoms with Crippen LogP contribution in [0.5, 0.6) is 11.5 Å². The summed E-state index contributed by atoms with van der Waals surface area (Å²) < 4.78 is 10.5. The van der Waals surface area contributed by atoms with Gasteiger partial charge in [0.1, 0.15) is 0 Å². The van der Waals surface area contributed by atoms with Crippen molar-refractivity contribution < 1.29 is 14.3 Å². The number of rotatable bonds is 9. The minimum Gasteiger partial charge on any atom is -0.493 e. The Labute approximate surface area is 162 Å². The molecule has 0 heterocycles. The predicted octanol–water partition coefficient (Wildman–Crippen LogP) is 3.83. The van der Waals surface area contributed by atoms with Crippen LogP contribution in [0.3, 0.4) is 0 Å². The van der Waals surface area contributed by atoms with Crippen molar-refractivity contribution in [1.29, 1.82) is 0 Å². The molecule has 0 aliphatic carbocycles. The summed E-state index contributed by atoms with van der Waals surface area (Å²) in [5.41, 5.74) is 2.98. The number of hydrogen-bond donors (Lipinski definition) is 1. The molecule has 146 valence electrons. The molecule has 27 heavy (non-hydrogen) atoms. The second kappa shape index (κ2) is 9.97. The van der Waals surface area contributed by atoms with Crippen molar-refractivity contribution in [2.75, 3.05) is 33.9 Å². The second-order valence-corrected chi connectivity index (χ2v) is 6.43. The number of carbonyl (C=O) groups excluding carboxylic acids is 1. The zero-order valence-corrected chi connectivity index (χ0v) is 16.9. The zero-order valence-electron chi connectivity index (χ0n) is 16.9. The van der Waals surface area contributed by atoms with Crippen molar-refractivity contribution in [1.82, 2.24) is 10.2 Å². The highest BCUT2D eigenvalue weighted by Gasteiger charge is 2.19. The number of aryl methyl sites for hydroxylation is 1. The van der Waals surface area contributed by atoms with Gasteiger partial charge in [0.25, 0.3) is 5.91 Å². The van der Waals surface area contributed by atoms with E-state index in [0.717, 1.165) is 13.1 Å². The first-order valence-electron chi connectivity index (χ1n) is 9.34. The Morgan fingerprint density at radius 2 is 1.63 bits per heavy atom. The number of carbonyl (C=O) groups is 1. The molecule has 1 atom stereocenters. The van der Waals surface area contributed by atoms with Crippen molar-refractivity contribution >= 4 is 5.91 Å². The van der Waals surface area contributed by atoms with Crippen molar-refractivity contribution in [2.45, 2.75) is 26.8 Å². The molecule has 0 saturated heterocycles. The Morgan fingerprint density at radius 3 is 2.19 bits per heavy atom. The molecule has 1 amide bonds. The first kappa shape index (κ1) is 20.8. The van der Waals surface area contributed by atoms with E-state index >= 15 is 0 Å². The van der Waals surface area contributed by atoms with Gasteiger partial charge in [-0.15, -0.1) is 0 Å². The lowest BCUT2D eigenvalue weighted by Gasteiger charge is -2.30. The minimum absolute atomic E-state index is 0.125. The second-order valence-electron chi connectivity index (χ2n) is 6.43. The van der Waals surface area contributed by atoms with Gasteiger partial charge in [0.05, 0.1) is 20.3 Å². The van der Waals surface area contributed by atoms with Gasteiger partial charge in [-0.05, 0) is 43.8 Å². The van der Waals surface area contributed by atoms with Crippen LogP contribution in [0.15, 0.2) is 42.5 Å². The highest BCUT2D eigenvalue weighted by atomic mass is 16.5. The van der Waals surface area contributed by atoms with E-state index in [1.807, 2.05) is 0 Å². The lowest BCUT2D eigenvalue weighted by atomic mass is 10.0. The number of nitrogens with zero attached hydrogens (tertiary/aromatic N) is 1. The number of benzene rings is 2. The monoisotopic (exact) mass is 370 g/mol. The van der Waals surface area contributed by atoms with E-state index in [2.05, 4.69) is 55.3 Å². The van der Waals surface area contributed by atoms with Crippen LogP contribution in [-0.2, 0) is 0 Å². The molecular formula is C22H30N2O3. The number of likely N-dealkylation sites (N-methyl/N-ethyl adjacent to an activating group) is 1. The van der Waals surface area contributed by atoms with Crippen LogP contribution >= 0.6 is 0 Å². The molecule has 1 N–H and O–H groups in total. The fourth-order valence-electron chi connectivity index (χ4n) is 3.18. The van der Waals surface area contributed by atoms with E-state index < -0.39 is 0 Å². The van der Waals surface area contributed by atoms with Gasteiger partial charge in [-0.1, -0.05) is 43.7 Å². The summed E-state index contributed by atoms with van der Waals surface area (Å²) >= 11 is 0. The summed E-state index contributed by atoms with van der Waals surface area (Å²) in [6.45, 7) is 8.73. The number of methoxy groups -OCH3 is 2. The average Bonchev–Trinajstić information content (AvgIpc) is 2.71. The quantitative estimate of drug-likeness (QED) is 0.729. The standard InChI is InChI=1S/C22H30N2O3/c1-6-24(7-2)19(17-10-8-16(3)9-11-17)15-23-22(25)18-12-13-20(26-4)21(14-18)27-5/h8-14,19H,6-7,15H2,1-5H3,(H,23,25). The minimum atomic E-state index is -0.125. The molecule has 2 aromatic rings. The van der Waals surface area contributed by atoms with Crippen LogP contribution in [0.2, 0.25) is 0 Å². The first-order chi connectivity index (χ1) is 13.0. The Kier molecular flexibility index (Phi) is 7.67. The topological polar surface area (TPSA) is 50.8 Å². The van der Waals surface area contributed by atoms with Crippen LogP contribution in [0.4, 0.5) is 0 Å². The zero-order chi connectivity index (χ0) is 19.8. The van der Waals surface area contributed by atoms with Gasteiger partial charge in [-0.25, -0.2) is 0 Å². The molecule has 0 radical (unpaired) electrons. The molecule has 2 aromatic carbocycles. The van der Waals surface area contributed by atoms with Crippen molar-refractivity contribution in [3.8, 4) is 11.5 Å². The molecule has 1 unspecified atom stereocenters. The number of amides is 1. The Morgan fingerprint density at radius 1 is 1.00 bits per heavy atom. The SMILES string of the molecule is CCN(CC)C(CNC(=O)c1ccc(OC)c(OC)c1)c1ccc(C)cc1. The Balaban J connectivity index is 2.16. The highest BCUT2D eigenvalue weighted by molar-refractivity contribution is 5.94. The fourth-order valence-corrected chi connectivity index (χ4v) is 3.18. The van der Waals surface area contributed by atoms with Gasteiger partial charge < -0.3 is 14.8 Å². The van der Waals surface area contributed by atoms with Gasteiger partial charge >= 0.3 is 0 Å². The van der Waals surface area contributed by atoms with Gasteiger partial charge in [0.15, 0.2) is 11.5 Å². The van der Waals surface area contributed by atoms with E-state index in [-0.39, 0.29) is 11.9 Å². The smallest absolute Gasteiger partial charge is 0.251 e. The third kappa shape index (κ3) is 5.23. The number of nitrogens with one attached hydrogen (secondary N) is 1. The first-order valence-corrected chi connectivity index (χ1v) is 9.34. The maximum Gasteiger partial charge on any atom is 0.251 e. The van der Waals surface area contributed by atoms with Crippen LogP contribution in [0.1, 0.15) is 41.4 Å². The van der Waals surface area contributed by atoms with E-state index in [9.17, 15) is 4.79 Å². The maximum absolute atomic E-state index is 12.7. The van der Waals surface area contributed by atoms with Crippen LogP contribution in [0.25, 0.3) is 0 Å². The summed E-state index contributed by atoms with van der Waals surface area (Å²) in [4.78, 5) is 15.0. The Bertz CT molecular complexity index is 740. The van der Waals surface area contributed by atoms with Crippen molar-refractivity contribution in [3.05, 3.63) is 59.2 Å². The summed E-state index contributed by atoms with van der Waals surface area (Å²) in [6.07, 6.45) is 0. The summed E-state index contributed by atoms with van der Waals surface area (Å²) in [6, 6.07) is 13.8. The van der Waals surface area contributed by atoms with Gasteiger partial charge in [0.2, 0.25) is 0 Å². The van der Waals surface area contributed by atoms with E-state index in [1.165, 1.54) is 11.1 Å². The number of hydrogen-bond acceptors (Lipinski definition) is 4. The van der Waals surface area contributed by atoms with Crippen molar-refractivity contribution in [2.24, 2.45) is 0 Å². The molecule has 5 nitrogen and oxygen atoms in total. The average molecular weight is 370 g/mol. The van der Waals surface area contributed by atoms with Crippen LogP contribution < -0.4 is 14.8 Å². The third-order valence-electron chi connectivity index (χ3n) is 4.82. The molecule has 0 aliphatic heterocycles. The largest absolute Gasteiger partial charge is 0.493 e. The van der Waals surface area contributed by atoms with E-state index in [0.29, 0.717) is 23.6 Å². The molecule has 0 aromatic heterocycles. The lowest BCUT2D eigenvalue weighted by Crippen LogP contribution is -2.38. The molecule has 0 aliphatic rings. The molecule has 0 spiro atoms. The molecule has 2 rings (SSSR count). The molecule has 0 bridgehead atoms. The number of ether oxygens (including phenoxy) is 2. The van der Waals surface area contributed by atoms with E-state index in [4.69, 9.17) is 9.47 Å². The normalized spacial score (nSPS) is 11.9. The predicted molar refractivity (Wildman–Crippen MR) is 109 cm³/mol. The Hall–Kier alpha value is -2.53. The maximum atomic E-state index is 12.7. The molecule has 0 saturated carbocycles. The van der Waals surface area contributed by atoms with Gasteiger partial charge in [-0.3, -0.25) is 9.69 Å². The van der Waals surface area contributed by atoms with Crippen LogP contribution in [0, 0.1) is 6.92 Å². The van der Waals surface area contributed by atoms with Gasteiger partial charge in [-0.2, -0.15) is 0 Å². The summed E-state index contributed by atoms with van der Waals surface area (Å²) in [5.74, 6) is 1.03.